The number of halogens is 1. The Morgan fingerprint density at radius 2 is 2.14 bits per heavy atom. The zero-order chi connectivity index (χ0) is 16.0. The van der Waals surface area contributed by atoms with E-state index in [1.807, 2.05) is 0 Å². The molecule has 21 heavy (non-hydrogen) atoms. The summed E-state index contributed by atoms with van der Waals surface area (Å²) in [5.41, 5.74) is 0.195. The van der Waals surface area contributed by atoms with Crippen molar-refractivity contribution in [2.24, 2.45) is 0 Å². The first-order chi connectivity index (χ1) is 9.83. The summed E-state index contributed by atoms with van der Waals surface area (Å²) < 4.78 is 30.5. The van der Waals surface area contributed by atoms with Crippen molar-refractivity contribution in [1.82, 2.24) is 5.32 Å². The van der Waals surface area contributed by atoms with E-state index in [1.54, 1.807) is 0 Å². The van der Waals surface area contributed by atoms with Gasteiger partial charge in [-0.05, 0) is 6.07 Å². The van der Waals surface area contributed by atoms with Crippen molar-refractivity contribution in [3.05, 3.63) is 29.6 Å². The van der Waals surface area contributed by atoms with Crippen LogP contribution < -0.4 is 10.1 Å². The fourth-order valence-electron chi connectivity index (χ4n) is 1.61. The molecule has 0 aliphatic rings. The minimum atomic E-state index is -1.63. The smallest absolute Gasteiger partial charge is 0.327 e. The lowest BCUT2D eigenvalue weighted by Crippen LogP contribution is -2.43. The number of carbonyl (C=O) groups excluding carboxylic acids is 1. The summed E-state index contributed by atoms with van der Waals surface area (Å²) in [5.74, 6) is -2.49. The van der Waals surface area contributed by atoms with Gasteiger partial charge in [0.1, 0.15) is 17.6 Å². The largest absolute Gasteiger partial charge is 0.497 e. The maximum atomic E-state index is 13.7. The van der Waals surface area contributed by atoms with E-state index in [0.717, 1.165) is 6.07 Å². The second-order valence-corrected chi connectivity index (χ2v) is 5.80. The van der Waals surface area contributed by atoms with Gasteiger partial charge in [0.2, 0.25) is 5.91 Å². The van der Waals surface area contributed by atoms with Gasteiger partial charge in [-0.2, -0.15) is 0 Å². The number of carbonyl (C=O) groups is 2. The lowest BCUT2D eigenvalue weighted by atomic mass is 10.2. The fraction of sp³-hybridized carbons (Fsp3) is 0.385. The molecule has 0 saturated heterocycles. The Morgan fingerprint density at radius 3 is 2.62 bits per heavy atom. The monoisotopic (exact) mass is 317 g/mol. The van der Waals surface area contributed by atoms with E-state index in [4.69, 9.17) is 9.84 Å². The Bertz CT molecular complexity index is 563. The van der Waals surface area contributed by atoms with Crippen LogP contribution in [0, 0.1) is 5.82 Å². The molecule has 0 heterocycles. The van der Waals surface area contributed by atoms with E-state index in [1.165, 1.54) is 26.2 Å². The maximum Gasteiger partial charge on any atom is 0.327 e. The minimum Gasteiger partial charge on any atom is -0.497 e. The van der Waals surface area contributed by atoms with Crippen molar-refractivity contribution in [1.29, 1.82) is 0 Å². The maximum absolute atomic E-state index is 13.7. The highest BCUT2D eigenvalue weighted by atomic mass is 32.2. The SMILES string of the molecule is COc1ccc(CS(=O)C[C@H](NC(C)=O)C(=O)O)c(F)c1. The van der Waals surface area contributed by atoms with Crippen LogP contribution in [0.3, 0.4) is 0 Å². The summed E-state index contributed by atoms with van der Waals surface area (Å²) in [6, 6.07) is 2.86. The molecule has 6 nitrogen and oxygen atoms in total. The van der Waals surface area contributed by atoms with Gasteiger partial charge in [0, 0.05) is 29.4 Å². The molecule has 0 radical (unpaired) electrons. The Morgan fingerprint density at radius 1 is 1.48 bits per heavy atom. The second-order valence-electron chi connectivity index (χ2n) is 4.30. The Hall–Kier alpha value is -1.96. The third-order valence-electron chi connectivity index (χ3n) is 2.60. The van der Waals surface area contributed by atoms with Gasteiger partial charge in [0.15, 0.2) is 0 Å². The zero-order valence-electron chi connectivity index (χ0n) is 11.6. The number of methoxy groups -OCH3 is 1. The van der Waals surface area contributed by atoms with Crippen LogP contribution in [0.2, 0.25) is 0 Å². The first kappa shape index (κ1) is 17.1. The Kier molecular flexibility index (Phi) is 6.29. The molecule has 8 heteroatoms. The van der Waals surface area contributed by atoms with Gasteiger partial charge in [-0.15, -0.1) is 0 Å². The third-order valence-corrected chi connectivity index (χ3v) is 3.94. The Labute approximate surface area is 123 Å². The van der Waals surface area contributed by atoms with Gasteiger partial charge >= 0.3 is 5.97 Å². The number of nitrogens with one attached hydrogen (secondary N) is 1. The first-order valence-corrected chi connectivity index (χ1v) is 7.49. The van der Waals surface area contributed by atoms with Crippen LogP contribution in [0.4, 0.5) is 4.39 Å². The van der Waals surface area contributed by atoms with Crippen molar-refractivity contribution in [3.63, 3.8) is 0 Å². The van der Waals surface area contributed by atoms with Crippen LogP contribution in [0.5, 0.6) is 5.75 Å². The molecular formula is C13H16FNO5S. The summed E-state index contributed by atoms with van der Waals surface area (Å²) in [4.78, 5) is 21.8. The van der Waals surface area contributed by atoms with Crippen molar-refractivity contribution in [2.45, 2.75) is 18.7 Å². The van der Waals surface area contributed by atoms with Crippen LogP contribution in [-0.4, -0.2) is 40.1 Å². The zero-order valence-corrected chi connectivity index (χ0v) is 12.4. The average molecular weight is 317 g/mol. The lowest BCUT2D eigenvalue weighted by Gasteiger charge is -2.13. The number of amides is 1. The number of aliphatic carboxylic acids is 1. The second kappa shape index (κ2) is 7.72. The van der Waals surface area contributed by atoms with Crippen molar-refractivity contribution in [3.8, 4) is 5.75 Å². The van der Waals surface area contributed by atoms with Crippen LogP contribution in [0.15, 0.2) is 18.2 Å². The third kappa shape index (κ3) is 5.50. The molecular weight excluding hydrogens is 301 g/mol. The molecule has 0 spiro atoms. The molecule has 1 rings (SSSR count). The Balaban J connectivity index is 2.72. The fourth-order valence-corrected chi connectivity index (χ4v) is 2.91. The van der Waals surface area contributed by atoms with Crippen molar-refractivity contribution in [2.75, 3.05) is 12.9 Å². The van der Waals surface area contributed by atoms with Gasteiger partial charge in [-0.3, -0.25) is 9.00 Å². The summed E-state index contributed by atoms with van der Waals surface area (Å²) in [7, 11) is -0.233. The van der Waals surface area contributed by atoms with Crippen molar-refractivity contribution >= 4 is 22.7 Å². The first-order valence-electron chi connectivity index (χ1n) is 6.00. The van der Waals surface area contributed by atoms with Crippen LogP contribution in [0.1, 0.15) is 12.5 Å². The number of hydrogen-bond donors (Lipinski definition) is 2. The molecule has 2 N–H and O–H groups in total. The predicted molar refractivity (Wildman–Crippen MR) is 74.9 cm³/mol. The van der Waals surface area contributed by atoms with Gasteiger partial charge in [0.25, 0.3) is 0 Å². The van der Waals surface area contributed by atoms with E-state index in [-0.39, 0.29) is 17.1 Å². The summed E-state index contributed by atoms with van der Waals surface area (Å²) in [6.45, 7) is 1.17. The van der Waals surface area contributed by atoms with Gasteiger partial charge in [-0.25, -0.2) is 9.18 Å². The molecule has 0 fully saturated rings. The molecule has 1 amide bonds. The summed E-state index contributed by atoms with van der Waals surface area (Å²) >= 11 is 0. The molecule has 116 valence electrons. The van der Waals surface area contributed by atoms with Crippen LogP contribution in [-0.2, 0) is 26.1 Å². The molecule has 0 bridgehead atoms. The van der Waals surface area contributed by atoms with E-state index in [2.05, 4.69) is 5.32 Å². The predicted octanol–water partition coefficient (Wildman–Crippen LogP) is 0.672. The highest BCUT2D eigenvalue weighted by Gasteiger charge is 2.22. The highest BCUT2D eigenvalue weighted by Crippen LogP contribution is 2.17. The molecule has 0 aliphatic carbocycles. The van der Waals surface area contributed by atoms with Gasteiger partial charge in [0.05, 0.1) is 18.6 Å². The summed E-state index contributed by atoms with van der Waals surface area (Å²) in [5, 5.41) is 11.1. The van der Waals surface area contributed by atoms with Crippen molar-refractivity contribution < 1.29 is 28.0 Å². The minimum absolute atomic E-state index is 0.140. The average Bonchev–Trinajstić information content (AvgIpc) is 2.39. The number of rotatable bonds is 7. The lowest BCUT2D eigenvalue weighted by molar-refractivity contribution is -0.140. The number of benzene rings is 1. The molecule has 1 aromatic carbocycles. The molecule has 0 saturated carbocycles. The van der Waals surface area contributed by atoms with Gasteiger partial charge < -0.3 is 15.2 Å². The summed E-state index contributed by atoms with van der Waals surface area (Å²) in [6.07, 6.45) is 0. The highest BCUT2D eigenvalue weighted by molar-refractivity contribution is 7.84. The van der Waals surface area contributed by atoms with Crippen LogP contribution >= 0.6 is 0 Å². The van der Waals surface area contributed by atoms with Crippen LogP contribution in [0.25, 0.3) is 0 Å². The normalized spacial score (nSPS) is 13.3. The molecule has 1 unspecified atom stereocenters. The van der Waals surface area contributed by atoms with E-state index in [9.17, 15) is 18.2 Å². The van der Waals surface area contributed by atoms with E-state index >= 15 is 0 Å². The molecule has 0 aromatic heterocycles. The standard InChI is InChI=1S/C13H16FNO5S/c1-8(16)15-12(13(17)18)7-21(19)6-9-3-4-10(20-2)5-11(9)14/h3-5,12H,6-7H2,1-2H3,(H,15,16)(H,17,18)/t12-,21?/m0/s1. The quantitative estimate of drug-likeness (QED) is 0.771. The number of carboxylic acid groups (broad SMARTS) is 1. The topological polar surface area (TPSA) is 92.7 Å². The van der Waals surface area contributed by atoms with Gasteiger partial charge in [-0.1, -0.05) is 6.07 Å². The number of ether oxygens (including phenoxy) is 1. The molecule has 0 aliphatic heterocycles. The van der Waals surface area contributed by atoms with E-state index in [0.29, 0.717) is 5.75 Å². The molecule has 2 atom stereocenters. The van der Waals surface area contributed by atoms with E-state index < -0.39 is 34.5 Å². The number of hydrogen-bond acceptors (Lipinski definition) is 4. The molecule has 1 aromatic rings. The number of carboxylic acids is 1.